The van der Waals surface area contributed by atoms with Gasteiger partial charge in [0, 0.05) is 32.1 Å². The maximum Gasteiger partial charge on any atom is 0.251 e. The molecule has 0 unspecified atom stereocenters. The Morgan fingerprint density at radius 1 is 0.889 bits per heavy atom. The molecule has 2 amide bonds. The molecule has 4 rings (SSSR count). The molecule has 3 aromatic carbocycles. The zero-order valence-corrected chi connectivity index (χ0v) is 21.1. The summed E-state index contributed by atoms with van der Waals surface area (Å²) >= 11 is 0. The number of nitrogens with one attached hydrogen (secondary N) is 1. The van der Waals surface area contributed by atoms with Crippen molar-refractivity contribution >= 4 is 22.8 Å². The lowest BCUT2D eigenvalue weighted by Gasteiger charge is -2.19. The van der Waals surface area contributed by atoms with Gasteiger partial charge in [-0.05, 0) is 49.1 Å². The molecule has 0 spiro atoms. The number of unbranched alkanes of at least 4 members (excludes halogenated alkanes) is 2. The van der Waals surface area contributed by atoms with Crippen LogP contribution < -0.4 is 5.32 Å². The molecule has 0 aliphatic heterocycles. The lowest BCUT2D eigenvalue weighted by Crippen LogP contribution is -2.30. The van der Waals surface area contributed by atoms with Crippen LogP contribution in [0.5, 0.6) is 0 Å². The maximum atomic E-state index is 13.1. The number of likely N-dealkylation sites (N-methyl/N-ethyl adjacent to an activating group) is 1. The molecule has 4 aromatic rings. The number of aryl methyl sites for hydroxylation is 2. The summed E-state index contributed by atoms with van der Waals surface area (Å²) in [5, 5.41) is 3.02. The highest BCUT2D eigenvalue weighted by Crippen LogP contribution is 2.18. The first-order valence-corrected chi connectivity index (χ1v) is 12.6. The fraction of sp³-hybridized carbons (Fsp3) is 0.300. The van der Waals surface area contributed by atoms with Crippen molar-refractivity contribution in [1.29, 1.82) is 0 Å². The Morgan fingerprint density at radius 2 is 1.61 bits per heavy atom. The van der Waals surface area contributed by atoms with Gasteiger partial charge in [0.25, 0.3) is 5.91 Å². The van der Waals surface area contributed by atoms with Gasteiger partial charge in [-0.2, -0.15) is 0 Å². The minimum atomic E-state index is -0.0203. The fourth-order valence-electron chi connectivity index (χ4n) is 4.40. The van der Waals surface area contributed by atoms with Crippen molar-refractivity contribution in [2.75, 3.05) is 13.6 Å². The van der Waals surface area contributed by atoms with Crippen LogP contribution in [0.1, 0.15) is 46.6 Å². The molecule has 6 heteroatoms. The SMILES string of the molecule is Cc1ccccc1C(=O)NCCCCCc1nc2ccccc2n1CC(=O)N(C)Cc1ccccc1. The molecular weight excluding hydrogens is 448 g/mol. The number of nitrogens with zero attached hydrogens (tertiary/aromatic N) is 3. The van der Waals surface area contributed by atoms with Crippen LogP contribution in [0.25, 0.3) is 11.0 Å². The van der Waals surface area contributed by atoms with Crippen LogP contribution in [0.4, 0.5) is 0 Å². The van der Waals surface area contributed by atoms with E-state index in [1.165, 1.54) is 0 Å². The van der Waals surface area contributed by atoms with Crippen molar-refractivity contribution in [3.8, 4) is 0 Å². The van der Waals surface area contributed by atoms with Crippen molar-refractivity contribution < 1.29 is 9.59 Å². The van der Waals surface area contributed by atoms with Crippen LogP contribution in [0.15, 0.2) is 78.9 Å². The summed E-state index contributed by atoms with van der Waals surface area (Å²) in [5.41, 5.74) is 4.72. The first kappa shape index (κ1) is 25.2. The number of fused-ring (bicyclic) bond motifs is 1. The molecule has 0 saturated heterocycles. The zero-order chi connectivity index (χ0) is 25.3. The average Bonchev–Trinajstić information content (AvgIpc) is 3.23. The lowest BCUT2D eigenvalue weighted by molar-refractivity contribution is -0.131. The van der Waals surface area contributed by atoms with Gasteiger partial charge in [-0.15, -0.1) is 0 Å². The topological polar surface area (TPSA) is 67.2 Å². The molecule has 0 fully saturated rings. The smallest absolute Gasteiger partial charge is 0.251 e. The number of imidazole rings is 1. The molecule has 0 bridgehead atoms. The molecular formula is C30H34N4O2. The number of rotatable bonds is 11. The summed E-state index contributed by atoms with van der Waals surface area (Å²) in [6.07, 6.45) is 3.60. The van der Waals surface area contributed by atoms with Crippen LogP contribution in [-0.2, 0) is 24.3 Å². The van der Waals surface area contributed by atoms with E-state index < -0.39 is 0 Å². The second kappa shape index (κ2) is 12.2. The highest BCUT2D eigenvalue weighted by atomic mass is 16.2. The first-order valence-electron chi connectivity index (χ1n) is 12.6. The molecule has 186 valence electrons. The minimum absolute atomic E-state index is 0.0203. The summed E-state index contributed by atoms with van der Waals surface area (Å²) in [4.78, 5) is 32.0. The van der Waals surface area contributed by atoms with Crippen LogP contribution in [0.2, 0.25) is 0 Å². The van der Waals surface area contributed by atoms with Gasteiger partial charge < -0.3 is 14.8 Å². The predicted octanol–water partition coefficient (Wildman–Crippen LogP) is 5.15. The number of carbonyl (C=O) groups is 2. The van der Waals surface area contributed by atoms with E-state index in [2.05, 4.69) is 9.88 Å². The van der Waals surface area contributed by atoms with Gasteiger partial charge in [0.05, 0.1) is 11.0 Å². The number of amides is 2. The second-order valence-electron chi connectivity index (χ2n) is 9.22. The Labute approximate surface area is 213 Å². The Hall–Kier alpha value is -3.93. The number of hydrogen-bond donors (Lipinski definition) is 1. The summed E-state index contributed by atoms with van der Waals surface area (Å²) in [7, 11) is 1.85. The fourth-order valence-corrected chi connectivity index (χ4v) is 4.40. The van der Waals surface area contributed by atoms with Crippen molar-refractivity contribution in [3.63, 3.8) is 0 Å². The lowest BCUT2D eigenvalue weighted by atomic mass is 10.1. The van der Waals surface area contributed by atoms with Crippen molar-refractivity contribution in [3.05, 3.63) is 101 Å². The molecule has 1 N–H and O–H groups in total. The van der Waals surface area contributed by atoms with E-state index in [1.807, 2.05) is 92.8 Å². The Balaban J connectivity index is 1.31. The summed E-state index contributed by atoms with van der Waals surface area (Å²) < 4.78 is 2.05. The number of carbonyl (C=O) groups excluding carboxylic acids is 2. The van der Waals surface area contributed by atoms with Crippen LogP contribution in [0, 0.1) is 6.92 Å². The van der Waals surface area contributed by atoms with Gasteiger partial charge in [0.15, 0.2) is 0 Å². The average molecular weight is 483 g/mol. The van der Waals surface area contributed by atoms with Crippen molar-refractivity contribution in [1.82, 2.24) is 19.8 Å². The summed E-state index contributed by atoms with van der Waals surface area (Å²) in [5.74, 6) is 0.969. The Bertz CT molecular complexity index is 1310. The third-order valence-electron chi connectivity index (χ3n) is 6.47. The Kier molecular flexibility index (Phi) is 8.50. The van der Waals surface area contributed by atoms with E-state index in [0.717, 1.165) is 59.2 Å². The van der Waals surface area contributed by atoms with E-state index in [-0.39, 0.29) is 18.4 Å². The van der Waals surface area contributed by atoms with Crippen LogP contribution >= 0.6 is 0 Å². The number of para-hydroxylation sites is 2. The van der Waals surface area contributed by atoms with Gasteiger partial charge in [0.2, 0.25) is 5.91 Å². The monoisotopic (exact) mass is 482 g/mol. The summed E-state index contributed by atoms with van der Waals surface area (Å²) in [6.45, 7) is 3.44. The normalized spacial score (nSPS) is 10.9. The third-order valence-corrected chi connectivity index (χ3v) is 6.47. The molecule has 0 aliphatic carbocycles. The van der Waals surface area contributed by atoms with E-state index in [1.54, 1.807) is 4.90 Å². The van der Waals surface area contributed by atoms with E-state index >= 15 is 0 Å². The molecule has 0 saturated carbocycles. The molecule has 0 atom stereocenters. The van der Waals surface area contributed by atoms with Crippen molar-refractivity contribution in [2.24, 2.45) is 0 Å². The number of hydrogen-bond acceptors (Lipinski definition) is 3. The standard InChI is InChI=1S/C30H34N4O2/c1-23-13-8-9-16-25(23)30(36)31-20-12-4-7-19-28-32-26-17-10-11-18-27(26)34(28)22-29(35)33(2)21-24-14-5-3-6-15-24/h3,5-6,8-11,13-18H,4,7,12,19-22H2,1-2H3,(H,31,36). The van der Waals surface area contributed by atoms with Gasteiger partial charge in [-0.3, -0.25) is 9.59 Å². The predicted molar refractivity (Wildman–Crippen MR) is 144 cm³/mol. The third kappa shape index (κ3) is 6.39. The molecule has 36 heavy (non-hydrogen) atoms. The van der Waals surface area contributed by atoms with E-state index in [9.17, 15) is 9.59 Å². The molecule has 6 nitrogen and oxygen atoms in total. The largest absolute Gasteiger partial charge is 0.352 e. The molecule has 1 heterocycles. The van der Waals surface area contributed by atoms with Crippen LogP contribution in [0.3, 0.4) is 0 Å². The molecule has 1 aromatic heterocycles. The zero-order valence-electron chi connectivity index (χ0n) is 21.1. The number of aromatic nitrogens is 2. The van der Waals surface area contributed by atoms with E-state index in [0.29, 0.717) is 13.1 Å². The summed E-state index contributed by atoms with van der Waals surface area (Å²) in [6, 6.07) is 25.6. The first-order chi connectivity index (χ1) is 17.5. The Morgan fingerprint density at radius 3 is 2.42 bits per heavy atom. The van der Waals surface area contributed by atoms with Crippen LogP contribution in [-0.4, -0.2) is 39.9 Å². The highest BCUT2D eigenvalue weighted by Gasteiger charge is 2.16. The maximum absolute atomic E-state index is 13.1. The van der Waals surface area contributed by atoms with Gasteiger partial charge in [0.1, 0.15) is 12.4 Å². The second-order valence-corrected chi connectivity index (χ2v) is 9.22. The van der Waals surface area contributed by atoms with Gasteiger partial charge >= 0.3 is 0 Å². The minimum Gasteiger partial charge on any atom is -0.352 e. The van der Waals surface area contributed by atoms with E-state index in [4.69, 9.17) is 4.98 Å². The highest BCUT2D eigenvalue weighted by molar-refractivity contribution is 5.95. The molecule has 0 aliphatic rings. The molecule has 0 radical (unpaired) electrons. The van der Waals surface area contributed by atoms with Crippen molar-refractivity contribution in [2.45, 2.75) is 45.7 Å². The van der Waals surface area contributed by atoms with Gasteiger partial charge in [-0.1, -0.05) is 67.1 Å². The van der Waals surface area contributed by atoms with Gasteiger partial charge in [-0.25, -0.2) is 4.98 Å². The quantitative estimate of drug-likeness (QED) is 0.301. The number of benzene rings is 3.